The van der Waals surface area contributed by atoms with Crippen LogP contribution in [0.2, 0.25) is 0 Å². The number of rotatable bonds is 5. The van der Waals surface area contributed by atoms with Crippen LogP contribution in [0, 0.1) is 17.1 Å². The average Bonchev–Trinajstić information content (AvgIpc) is 2.69. The predicted molar refractivity (Wildman–Crippen MR) is 91.5 cm³/mol. The third kappa shape index (κ3) is 4.04. The largest absolute Gasteiger partial charge is 0.481 e. The molecule has 1 aromatic heterocycles. The Balaban J connectivity index is 1.78. The summed E-state index contributed by atoms with van der Waals surface area (Å²) < 4.78 is 25.1. The minimum Gasteiger partial charge on any atom is -0.481 e. The molecule has 0 unspecified atom stereocenters. The van der Waals surface area contributed by atoms with Crippen LogP contribution in [0.1, 0.15) is 33.3 Å². The van der Waals surface area contributed by atoms with Crippen molar-refractivity contribution >= 4 is 5.78 Å². The molecule has 0 amide bonds. The van der Waals surface area contributed by atoms with Crippen LogP contribution in [0.25, 0.3) is 0 Å². The normalized spacial score (nSPS) is 16.7. The quantitative estimate of drug-likeness (QED) is 0.828. The first kappa shape index (κ1) is 18.0. The Morgan fingerprint density at radius 3 is 2.96 bits per heavy atom. The summed E-state index contributed by atoms with van der Waals surface area (Å²) in [6.45, 7) is 1.99. The Labute approximate surface area is 150 Å². The zero-order valence-corrected chi connectivity index (χ0v) is 14.3. The van der Waals surface area contributed by atoms with Crippen molar-refractivity contribution in [1.29, 1.82) is 5.26 Å². The van der Waals surface area contributed by atoms with Gasteiger partial charge < -0.3 is 14.8 Å². The zero-order chi connectivity index (χ0) is 18.5. The fraction of sp³-hybridized carbons (Fsp3) is 0.316. The number of pyridine rings is 1. The Kier molecular flexibility index (Phi) is 5.56. The van der Waals surface area contributed by atoms with Gasteiger partial charge in [0.2, 0.25) is 5.88 Å². The molecule has 0 saturated carbocycles. The van der Waals surface area contributed by atoms with Gasteiger partial charge in [0.05, 0.1) is 19.8 Å². The molecule has 26 heavy (non-hydrogen) atoms. The van der Waals surface area contributed by atoms with Gasteiger partial charge in [0.25, 0.3) is 0 Å². The van der Waals surface area contributed by atoms with Gasteiger partial charge in [-0.3, -0.25) is 4.79 Å². The highest BCUT2D eigenvalue weighted by Crippen LogP contribution is 2.22. The Morgan fingerprint density at radius 1 is 1.46 bits per heavy atom. The number of hydrogen-bond acceptors (Lipinski definition) is 6. The summed E-state index contributed by atoms with van der Waals surface area (Å²) in [5.41, 5.74) is 1.36. The molecule has 1 aliphatic heterocycles. The Morgan fingerprint density at radius 2 is 2.31 bits per heavy atom. The third-order valence-corrected chi connectivity index (χ3v) is 4.18. The monoisotopic (exact) mass is 355 g/mol. The van der Waals surface area contributed by atoms with Gasteiger partial charge in [-0.25, -0.2) is 9.37 Å². The van der Waals surface area contributed by atoms with E-state index >= 15 is 0 Å². The van der Waals surface area contributed by atoms with Crippen molar-refractivity contribution in [2.75, 3.05) is 26.8 Å². The van der Waals surface area contributed by atoms with Crippen molar-refractivity contribution in [2.45, 2.75) is 12.5 Å². The first-order valence-corrected chi connectivity index (χ1v) is 8.20. The second kappa shape index (κ2) is 8.04. The highest BCUT2D eigenvalue weighted by molar-refractivity contribution is 5.98. The van der Waals surface area contributed by atoms with Gasteiger partial charge in [0.1, 0.15) is 17.6 Å². The average molecular weight is 355 g/mol. The van der Waals surface area contributed by atoms with Crippen LogP contribution >= 0.6 is 0 Å². The van der Waals surface area contributed by atoms with Gasteiger partial charge >= 0.3 is 0 Å². The van der Waals surface area contributed by atoms with Gasteiger partial charge in [-0.05, 0) is 23.3 Å². The van der Waals surface area contributed by atoms with E-state index in [0.29, 0.717) is 13.2 Å². The highest BCUT2D eigenvalue weighted by atomic mass is 19.1. The molecule has 1 N–H and O–H groups in total. The van der Waals surface area contributed by atoms with Crippen molar-refractivity contribution in [3.63, 3.8) is 0 Å². The lowest BCUT2D eigenvalue weighted by Crippen LogP contribution is -2.33. The van der Waals surface area contributed by atoms with E-state index in [-0.39, 0.29) is 41.0 Å². The summed E-state index contributed by atoms with van der Waals surface area (Å²) in [4.78, 5) is 16.4. The van der Waals surface area contributed by atoms with Crippen molar-refractivity contribution in [3.8, 4) is 11.9 Å². The second-order valence-corrected chi connectivity index (χ2v) is 5.91. The van der Waals surface area contributed by atoms with E-state index < -0.39 is 5.82 Å². The number of aromatic nitrogens is 1. The first-order valence-electron chi connectivity index (χ1n) is 8.20. The number of benzene rings is 1. The summed E-state index contributed by atoms with van der Waals surface area (Å²) >= 11 is 0. The Bertz CT molecular complexity index is 858. The molecule has 3 rings (SSSR count). The fourth-order valence-corrected chi connectivity index (χ4v) is 2.79. The van der Waals surface area contributed by atoms with Gasteiger partial charge in [-0.15, -0.1) is 0 Å². The number of ketones is 1. The third-order valence-electron chi connectivity index (χ3n) is 4.18. The molecular formula is C19H18FN3O3. The van der Waals surface area contributed by atoms with Crippen molar-refractivity contribution < 1.29 is 18.7 Å². The molecule has 1 fully saturated rings. The number of Topliss-reactive ketones (excluding diaryl/α,β-unsaturated/α-hetero) is 1. The van der Waals surface area contributed by atoms with Crippen molar-refractivity contribution in [1.82, 2.24) is 10.3 Å². The molecule has 0 spiro atoms. The minimum absolute atomic E-state index is 0.0745. The molecule has 7 heteroatoms. The lowest BCUT2D eigenvalue weighted by atomic mass is 9.99. The lowest BCUT2D eigenvalue weighted by molar-refractivity contribution is 0.0275. The maximum Gasteiger partial charge on any atom is 0.214 e. The molecular weight excluding hydrogens is 337 g/mol. The molecule has 0 bridgehead atoms. The number of carbonyl (C=O) groups is 1. The fourth-order valence-electron chi connectivity index (χ4n) is 2.79. The van der Waals surface area contributed by atoms with E-state index in [1.807, 2.05) is 6.07 Å². The maximum atomic E-state index is 14.5. The molecule has 2 heterocycles. The van der Waals surface area contributed by atoms with Gasteiger partial charge in [-0.1, -0.05) is 12.1 Å². The van der Waals surface area contributed by atoms with E-state index in [2.05, 4.69) is 10.3 Å². The van der Waals surface area contributed by atoms with Crippen LogP contribution in [0.15, 0.2) is 30.3 Å². The summed E-state index contributed by atoms with van der Waals surface area (Å²) in [6, 6.07) is 9.48. The number of ether oxygens (including phenoxy) is 2. The highest BCUT2D eigenvalue weighted by Gasteiger charge is 2.19. The molecule has 1 atom stereocenters. The van der Waals surface area contributed by atoms with Crippen LogP contribution in [0.5, 0.6) is 5.88 Å². The van der Waals surface area contributed by atoms with Crippen LogP contribution in [0.4, 0.5) is 4.39 Å². The van der Waals surface area contributed by atoms with E-state index in [9.17, 15) is 9.18 Å². The van der Waals surface area contributed by atoms with Crippen molar-refractivity contribution in [3.05, 3.63) is 58.5 Å². The van der Waals surface area contributed by atoms with Crippen LogP contribution in [0.3, 0.4) is 0 Å². The molecule has 0 radical (unpaired) electrons. The number of morpholine rings is 1. The molecule has 1 aliphatic rings. The van der Waals surface area contributed by atoms with Crippen LogP contribution in [-0.4, -0.2) is 37.6 Å². The predicted octanol–water partition coefficient (Wildman–Crippen LogP) is 2.19. The lowest BCUT2D eigenvalue weighted by Gasteiger charge is -2.24. The number of carbonyl (C=O) groups excluding carboxylic acids is 1. The number of methoxy groups -OCH3 is 1. The maximum absolute atomic E-state index is 14.5. The smallest absolute Gasteiger partial charge is 0.214 e. The van der Waals surface area contributed by atoms with Crippen molar-refractivity contribution in [2.24, 2.45) is 0 Å². The standard InChI is InChI=1S/C19H18FN3O3/c1-25-19-9-14(6-15(10-21)23-19)17(24)8-12-2-3-13(7-16(12)20)18-11-22-4-5-26-18/h2-3,6-7,9,18,22H,4-5,8,11H2,1H3/t18-/m1/s1. The molecule has 1 saturated heterocycles. The number of nitrogens with one attached hydrogen (secondary N) is 1. The van der Waals surface area contributed by atoms with Gasteiger partial charge in [0.15, 0.2) is 5.78 Å². The van der Waals surface area contributed by atoms with E-state index in [1.54, 1.807) is 12.1 Å². The summed E-state index contributed by atoms with van der Waals surface area (Å²) in [7, 11) is 1.40. The first-order chi connectivity index (χ1) is 12.6. The van der Waals surface area contributed by atoms with Crippen LogP contribution < -0.4 is 10.1 Å². The number of nitrogens with zero attached hydrogens (tertiary/aromatic N) is 2. The number of halogens is 1. The molecule has 2 aromatic rings. The molecule has 0 aliphatic carbocycles. The van der Waals surface area contributed by atoms with E-state index in [0.717, 1.165) is 12.1 Å². The summed E-state index contributed by atoms with van der Waals surface area (Å²) in [5.74, 6) is -0.596. The van der Waals surface area contributed by atoms with Crippen LogP contribution in [-0.2, 0) is 11.2 Å². The number of hydrogen-bond donors (Lipinski definition) is 1. The number of nitriles is 1. The molecule has 1 aromatic carbocycles. The van der Waals surface area contributed by atoms with Gasteiger partial charge in [-0.2, -0.15) is 5.26 Å². The topological polar surface area (TPSA) is 84.2 Å². The van der Waals surface area contributed by atoms with E-state index in [4.69, 9.17) is 14.7 Å². The zero-order valence-electron chi connectivity index (χ0n) is 14.3. The summed E-state index contributed by atoms with van der Waals surface area (Å²) in [6.07, 6.45) is -0.306. The molecule has 6 nitrogen and oxygen atoms in total. The minimum atomic E-state index is -0.452. The Hall–Kier alpha value is -2.82. The second-order valence-electron chi connectivity index (χ2n) is 5.91. The van der Waals surface area contributed by atoms with Gasteiger partial charge in [0, 0.05) is 31.1 Å². The SMILES string of the molecule is COc1cc(C(=O)Cc2ccc([C@H]3CNCCO3)cc2F)cc(C#N)n1. The molecule has 134 valence electrons. The van der Waals surface area contributed by atoms with E-state index in [1.165, 1.54) is 25.3 Å². The summed E-state index contributed by atoms with van der Waals surface area (Å²) in [5, 5.41) is 12.2.